The number of carboxylic acids is 1. The molecule has 0 fully saturated rings. The van der Waals surface area contributed by atoms with Gasteiger partial charge in [0, 0.05) is 10.9 Å². The lowest BCUT2D eigenvalue weighted by molar-refractivity contribution is -0.129. The summed E-state index contributed by atoms with van der Waals surface area (Å²) in [6.45, 7) is 0. The van der Waals surface area contributed by atoms with Gasteiger partial charge in [0.1, 0.15) is 0 Å². The van der Waals surface area contributed by atoms with E-state index < -0.39 is 5.97 Å². The van der Waals surface area contributed by atoms with Crippen molar-refractivity contribution in [1.82, 2.24) is 0 Å². The third-order valence-electron chi connectivity index (χ3n) is 1.13. The molecule has 58 valence electrons. The van der Waals surface area contributed by atoms with Crippen molar-refractivity contribution < 1.29 is 9.90 Å². The number of hydrogen-bond donors (Lipinski definition) is 2. The Bertz CT molecular complexity index is 279. The predicted molar refractivity (Wildman–Crippen MR) is 42.7 cm³/mol. The number of carbonyl (C=O) groups is 1. The van der Waals surface area contributed by atoms with Gasteiger partial charge in [0.2, 0.25) is 0 Å². The van der Waals surface area contributed by atoms with Crippen LogP contribution in [0.25, 0.3) is 0 Å². The molecule has 0 aliphatic heterocycles. The molecule has 0 saturated carbocycles. The molecule has 3 N–H and O–H groups in total. The molecule has 1 aromatic heterocycles. The van der Waals surface area contributed by atoms with Gasteiger partial charge in [-0.1, -0.05) is 0 Å². The van der Waals surface area contributed by atoms with Crippen molar-refractivity contribution in [2.24, 2.45) is 10.9 Å². The average molecular weight is 170 g/mol. The Kier molecular flexibility index (Phi) is 2.22. The van der Waals surface area contributed by atoms with Crippen LogP contribution in [0.1, 0.15) is 5.56 Å². The zero-order chi connectivity index (χ0) is 8.27. The molecule has 0 aliphatic rings. The summed E-state index contributed by atoms with van der Waals surface area (Å²) >= 11 is 1.40. The zero-order valence-electron chi connectivity index (χ0n) is 5.52. The van der Waals surface area contributed by atoms with Crippen LogP contribution >= 0.6 is 11.3 Å². The number of hydrogen-bond acceptors (Lipinski definition) is 4. The number of nitrogens with zero attached hydrogens (tertiary/aromatic N) is 1. The van der Waals surface area contributed by atoms with Crippen molar-refractivity contribution in [3.05, 3.63) is 22.4 Å². The largest absolute Gasteiger partial charge is 0.476 e. The minimum atomic E-state index is -1.11. The molecule has 0 unspecified atom stereocenters. The van der Waals surface area contributed by atoms with Gasteiger partial charge in [-0.15, -0.1) is 0 Å². The van der Waals surface area contributed by atoms with E-state index in [1.165, 1.54) is 11.3 Å². The number of rotatable bonds is 2. The normalized spacial score (nSPS) is 11.5. The van der Waals surface area contributed by atoms with Gasteiger partial charge in [0.05, 0.1) is 0 Å². The smallest absolute Gasteiger partial charge is 0.356 e. The summed E-state index contributed by atoms with van der Waals surface area (Å²) in [4.78, 5) is 10.4. The highest BCUT2D eigenvalue weighted by Crippen LogP contribution is 2.06. The van der Waals surface area contributed by atoms with E-state index >= 15 is 0 Å². The molecule has 1 rings (SSSR count). The second-order valence-electron chi connectivity index (χ2n) is 1.79. The minimum absolute atomic E-state index is 0.105. The summed E-state index contributed by atoms with van der Waals surface area (Å²) in [6, 6.07) is 1.66. The van der Waals surface area contributed by atoms with Gasteiger partial charge in [-0.2, -0.15) is 16.4 Å². The van der Waals surface area contributed by atoms with E-state index in [0.29, 0.717) is 5.56 Å². The molecule has 1 heterocycles. The maximum absolute atomic E-state index is 10.4. The lowest BCUT2D eigenvalue weighted by atomic mass is 10.2. The molecule has 0 amide bonds. The van der Waals surface area contributed by atoms with Crippen LogP contribution in [0, 0.1) is 0 Å². The Hall–Kier alpha value is -1.36. The molecular formula is C6H6N2O2S. The van der Waals surface area contributed by atoms with Gasteiger partial charge < -0.3 is 10.9 Å². The van der Waals surface area contributed by atoms with E-state index in [2.05, 4.69) is 5.10 Å². The summed E-state index contributed by atoms with van der Waals surface area (Å²) in [6.07, 6.45) is 0. The van der Waals surface area contributed by atoms with Gasteiger partial charge in [-0.3, -0.25) is 0 Å². The van der Waals surface area contributed by atoms with Crippen molar-refractivity contribution in [2.75, 3.05) is 0 Å². The maximum Gasteiger partial charge on any atom is 0.356 e. The SMILES string of the molecule is NN=C(C(=O)O)c1ccsc1. The van der Waals surface area contributed by atoms with Crippen LogP contribution in [0.15, 0.2) is 21.9 Å². The first-order chi connectivity index (χ1) is 5.25. The molecule has 0 radical (unpaired) electrons. The van der Waals surface area contributed by atoms with E-state index in [9.17, 15) is 4.79 Å². The highest BCUT2D eigenvalue weighted by molar-refractivity contribution is 7.08. The van der Waals surface area contributed by atoms with E-state index in [1.54, 1.807) is 16.8 Å². The number of aliphatic carboxylic acids is 1. The third-order valence-corrected chi connectivity index (χ3v) is 1.81. The Morgan fingerprint density at radius 1 is 1.73 bits per heavy atom. The van der Waals surface area contributed by atoms with Gasteiger partial charge in [0.15, 0.2) is 5.71 Å². The monoisotopic (exact) mass is 170 g/mol. The molecule has 5 heteroatoms. The van der Waals surface area contributed by atoms with Crippen LogP contribution in [-0.2, 0) is 4.79 Å². The Labute approximate surface area is 67.0 Å². The molecule has 0 atom stereocenters. The second-order valence-corrected chi connectivity index (χ2v) is 2.57. The van der Waals surface area contributed by atoms with Gasteiger partial charge >= 0.3 is 5.97 Å². The van der Waals surface area contributed by atoms with Crippen molar-refractivity contribution in [2.45, 2.75) is 0 Å². The van der Waals surface area contributed by atoms with Gasteiger partial charge in [0.25, 0.3) is 0 Å². The summed E-state index contributed by atoms with van der Waals surface area (Å²) in [5.74, 6) is 3.77. The second kappa shape index (κ2) is 3.16. The fraction of sp³-hybridized carbons (Fsp3) is 0. The van der Waals surface area contributed by atoms with Crippen LogP contribution in [0.5, 0.6) is 0 Å². The highest BCUT2D eigenvalue weighted by Gasteiger charge is 2.11. The summed E-state index contributed by atoms with van der Waals surface area (Å²) in [7, 11) is 0. The minimum Gasteiger partial charge on any atom is -0.476 e. The summed E-state index contributed by atoms with van der Waals surface area (Å²) < 4.78 is 0. The van der Waals surface area contributed by atoms with Crippen LogP contribution in [0.4, 0.5) is 0 Å². The van der Waals surface area contributed by atoms with Crippen molar-refractivity contribution >= 4 is 23.0 Å². The van der Waals surface area contributed by atoms with E-state index in [4.69, 9.17) is 10.9 Å². The lowest BCUT2D eigenvalue weighted by Crippen LogP contribution is -2.15. The van der Waals surface area contributed by atoms with E-state index in [0.717, 1.165) is 0 Å². The van der Waals surface area contributed by atoms with Gasteiger partial charge in [-0.05, 0) is 11.4 Å². The van der Waals surface area contributed by atoms with E-state index in [1.807, 2.05) is 0 Å². The number of nitrogens with two attached hydrogens (primary N) is 1. The van der Waals surface area contributed by atoms with Crippen LogP contribution in [0.2, 0.25) is 0 Å². The standard InChI is InChI=1S/C6H6N2O2S/c7-8-5(6(9)10)4-1-2-11-3-4/h1-3H,7H2,(H,9,10). The summed E-state index contributed by atoms with van der Waals surface area (Å²) in [5.41, 5.74) is 0.441. The topological polar surface area (TPSA) is 75.7 Å². The molecule has 0 aliphatic carbocycles. The number of hydrazone groups is 1. The Morgan fingerprint density at radius 2 is 2.45 bits per heavy atom. The highest BCUT2D eigenvalue weighted by atomic mass is 32.1. The molecule has 4 nitrogen and oxygen atoms in total. The first-order valence-electron chi connectivity index (χ1n) is 2.79. The maximum atomic E-state index is 10.4. The third kappa shape index (κ3) is 1.56. The first kappa shape index (κ1) is 7.74. The fourth-order valence-electron chi connectivity index (χ4n) is 0.652. The van der Waals surface area contributed by atoms with E-state index in [-0.39, 0.29) is 5.71 Å². The molecular weight excluding hydrogens is 164 g/mol. The number of thiophene rings is 1. The molecule has 0 aromatic carbocycles. The van der Waals surface area contributed by atoms with Crippen LogP contribution in [-0.4, -0.2) is 16.8 Å². The molecule has 11 heavy (non-hydrogen) atoms. The fourth-order valence-corrected chi connectivity index (χ4v) is 1.29. The quantitative estimate of drug-likeness (QED) is 0.385. The Balaban J connectivity index is 2.99. The van der Waals surface area contributed by atoms with Crippen molar-refractivity contribution in [3.8, 4) is 0 Å². The van der Waals surface area contributed by atoms with Gasteiger partial charge in [-0.25, -0.2) is 4.79 Å². The number of carboxylic acid groups (broad SMARTS) is 1. The predicted octanol–water partition coefficient (Wildman–Crippen LogP) is 0.496. The van der Waals surface area contributed by atoms with Crippen LogP contribution in [0.3, 0.4) is 0 Å². The molecule has 0 saturated heterocycles. The average Bonchev–Trinajstić information content (AvgIpc) is 2.40. The van der Waals surface area contributed by atoms with Crippen molar-refractivity contribution in [1.29, 1.82) is 0 Å². The first-order valence-corrected chi connectivity index (χ1v) is 3.73. The zero-order valence-corrected chi connectivity index (χ0v) is 6.34. The van der Waals surface area contributed by atoms with Crippen LogP contribution < -0.4 is 5.84 Å². The lowest BCUT2D eigenvalue weighted by Gasteiger charge is -1.92. The Morgan fingerprint density at radius 3 is 2.82 bits per heavy atom. The van der Waals surface area contributed by atoms with Crippen molar-refractivity contribution in [3.63, 3.8) is 0 Å². The molecule has 1 aromatic rings. The molecule has 0 spiro atoms. The molecule has 0 bridgehead atoms. The summed E-state index contributed by atoms with van der Waals surface area (Å²) in [5, 5.41) is 15.1.